The van der Waals surface area contributed by atoms with Crippen LogP contribution in [-0.2, 0) is 0 Å². The molecule has 2 aromatic heterocycles. The van der Waals surface area contributed by atoms with Crippen molar-refractivity contribution >= 4 is 72.4 Å². The summed E-state index contributed by atoms with van der Waals surface area (Å²) in [5, 5.41) is 10.6. The van der Waals surface area contributed by atoms with E-state index in [2.05, 4.69) is 240 Å². The minimum atomic E-state index is -2.83. The maximum Gasteiger partial charge on any atom is 0.180 e. The molecule has 0 fully saturated rings. The molecule has 9 aromatic carbocycles. The Hall–Kier alpha value is -7.20. The fraction of sp³-hybridized carbons (Fsp3) is 0. The average Bonchev–Trinajstić information content (AvgIpc) is 3.81. The lowest BCUT2D eigenvalue weighted by atomic mass is 10.1. The summed E-state index contributed by atoms with van der Waals surface area (Å²) in [5.74, 6) is 0. The number of fused-ring (bicyclic) bond motifs is 6. The monoisotopic (exact) mass is 742 g/mol. The van der Waals surface area contributed by atoms with Gasteiger partial charge in [0.25, 0.3) is 0 Å². The van der Waals surface area contributed by atoms with Crippen molar-refractivity contribution in [2.45, 2.75) is 0 Å². The first-order valence-electron chi connectivity index (χ1n) is 19.7. The van der Waals surface area contributed by atoms with Crippen molar-refractivity contribution in [1.29, 1.82) is 0 Å². The van der Waals surface area contributed by atoms with E-state index >= 15 is 0 Å². The minimum absolute atomic E-state index is 1.15. The zero-order chi connectivity index (χ0) is 37.8. The highest BCUT2D eigenvalue weighted by molar-refractivity contribution is 7.20. The first-order chi connectivity index (χ1) is 28.3. The standard InChI is InChI=1S/C54H38N2Si/c1-5-18-39(19-6-1)40-32-34-41(35-33-40)55-49-28-15-13-26-46(49)48-38-42(36-37-51(48)55)56-50-29-16-14-27-47(50)54-52(56)30-17-31-53(54)57(43-20-7-2-8-21-43,44-22-9-3-10-23-44)45-24-11-4-12-25-45/h1-38H. The summed E-state index contributed by atoms with van der Waals surface area (Å²) in [6, 6.07) is 85.1. The van der Waals surface area contributed by atoms with Gasteiger partial charge in [-0.1, -0.05) is 182 Å². The lowest BCUT2D eigenvalue weighted by molar-refractivity contribution is 1.17. The number of hydrogen-bond donors (Lipinski definition) is 0. The van der Waals surface area contributed by atoms with Gasteiger partial charge in [0.2, 0.25) is 0 Å². The van der Waals surface area contributed by atoms with Crippen LogP contribution in [0.15, 0.2) is 231 Å². The summed E-state index contributed by atoms with van der Waals surface area (Å²) < 4.78 is 4.90. The summed E-state index contributed by atoms with van der Waals surface area (Å²) in [7, 11) is -2.83. The number of benzene rings is 9. The van der Waals surface area contributed by atoms with Crippen LogP contribution in [-0.4, -0.2) is 17.2 Å². The van der Waals surface area contributed by atoms with Gasteiger partial charge in [-0.15, -0.1) is 0 Å². The first kappa shape index (κ1) is 33.2. The molecule has 57 heavy (non-hydrogen) atoms. The highest BCUT2D eigenvalue weighted by Gasteiger charge is 2.43. The molecule has 11 rings (SSSR count). The Morgan fingerprint density at radius 3 is 1.33 bits per heavy atom. The molecule has 11 aromatic rings. The molecule has 0 aliphatic heterocycles. The second kappa shape index (κ2) is 13.5. The quantitative estimate of drug-likeness (QED) is 0.114. The molecular weight excluding hydrogens is 705 g/mol. The molecule has 0 atom stereocenters. The fourth-order valence-corrected chi connectivity index (χ4v) is 14.4. The van der Waals surface area contributed by atoms with Crippen molar-refractivity contribution in [3.63, 3.8) is 0 Å². The fourth-order valence-electron chi connectivity index (χ4n) is 9.45. The van der Waals surface area contributed by atoms with Crippen LogP contribution in [0.2, 0.25) is 0 Å². The van der Waals surface area contributed by atoms with Gasteiger partial charge in [-0.05, 0) is 80.4 Å². The minimum Gasteiger partial charge on any atom is -0.309 e. The zero-order valence-electron chi connectivity index (χ0n) is 31.3. The van der Waals surface area contributed by atoms with Gasteiger partial charge >= 0.3 is 0 Å². The Morgan fingerprint density at radius 2 is 0.719 bits per heavy atom. The molecule has 0 radical (unpaired) electrons. The largest absolute Gasteiger partial charge is 0.309 e. The predicted octanol–water partition coefficient (Wildman–Crippen LogP) is 10.9. The molecular formula is C54H38N2Si. The van der Waals surface area contributed by atoms with E-state index in [0.29, 0.717) is 0 Å². The van der Waals surface area contributed by atoms with Crippen LogP contribution in [0.25, 0.3) is 66.1 Å². The van der Waals surface area contributed by atoms with Crippen LogP contribution in [0, 0.1) is 0 Å². The zero-order valence-corrected chi connectivity index (χ0v) is 32.3. The van der Waals surface area contributed by atoms with Crippen molar-refractivity contribution in [3.8, 4) is 22.5 Å². The third-order valence-corrected chi connectivity index (χ3v) is 16.7. The second-order valence-electron chi connectivity index (χ2n) is 14.9. The molecule has 3 heteroatoms. The second-order valence-corrected chi connectivity index (χ2v) is 18.6. The van der Waals surface area contributed by atoms with Crippen molar-refractivity contribution in [3.05, 3.63) is 231 Å². The SMILES string of the molecule is c1ccc(-c2ccc(-n3c4ccccc4c4cc(-n5c6ccccc6c6c([Si](c7ccccc7)(c7ccccc7)c7ccccc7)cccc65)ccc43)cc2)cc1. The number of aromatic nitrogens is 2. The van der Waals surface area contributed by atoms with E-state index in [0.717, 1.165) is 11.4 Å². The summed E-state index contributed by atoms with van der Waals surface area (Å²) >= 11 is 0. The average molecular weight is 743 g/mol. The maximum absolute atomic E-state index is 2.83. The smallest absolute Gasteiger partial charge is 0.180 e. The van der Waals surface area contributed by atoms with Crippen molar-refractivity contribution in [1.82, 2.24) is 9.13 Å². The summed E-state index contributed by atoms with van der Waals surface area (Å²) in [5.41, 5.74) is 9.56. The van der Waals surface area contributed by atoms with E-state index in [1.165, 1.54) is 75.5 Å². The molecule has 2 heterocycles. The summed E-state index contributed by atoms with van der Waals surface area (Å²) in [6.07, 6.45) is 0. The van der Waals surface area contributed by atoms with E-state index in [-0.39, 0.29) is 0 Å². The molecule has 0 amide bonds. The molecule has 0 saturated heterocycles. The van der Waals surface area contributed by atoms with E-state index in [1.807, 2.05) is 0 Å². The van der Waals surface area contributed by atoms with Gasteiger partial charge in [0.15, 0.2) is 8.07 Å². The molecule has 0 saturated carbocycles. The maximum atomic E-state index is 2.49. The molecule has 0 aliphatic carbocycles. The highest BCUT2D eigenvalue weighted by Crippen LogP contribution is 2.37. The van der Waals surface area contributed by atoms with Gasteiger partial charge in [-0.25, -0.2) is 0 Å². The molecule has 2 nitrogen and oxygen atoms in total. The van der Waals surface area contributed by atoms with Crippen LogP contribution in [0.5, 0.6) is 0 Å². The third-order valence-electron chi connectivity index (χ3n) is 11.9. The Kier molecular flexibility index (Phi) is 7.87. The Labute approximate surface area is 333 Å². The van der Waals surface area contributed by atoms with Crippen molar-refractivity contribution in [2.24, 2.45) is 0 Å². The summed E-state index contributed by atoms with van der Waals surface area (Å²) in [4.78, 5) is 0. The van der Waals surface area contributed by atoms with E-state index in [1.54, 1.807) is 0 Å². The van der Waals surface area contributed by atoms with Gasteiger partial charge in [0.05, 0.1) is 22.1 Å². The molecule has 0 N–H and O–H groups in total. The molecule has 0 unspecified atom stereocenters. The van der Waals surface area contributed by atoms with Crippen LogP contribution in [0.1, 0.15) is 0 Å². The van der Waals surface area contributed by atoms with E-state index in [9.17, 15) is 0 Å². The Balaban J connectivity index is 1.17. The van der Waals surface area contributed by atoms with Gasteiger partial charge < -0.3 is 9.13 Å². The Morgan fingerprint density at radius 1 is 0.281 bits per heavy atom. The number of hydrogen-bond acceptors (Lipinski definition) is 0. The topological polar surface area (TPSA) is 9.86 Å². The molecule has 0 spiro atoms. The normalized spacial score (nSPS) is 11.9. The highest BCUT2D eigenvalue weighted by atomic mass is 28.3. The van der Waals surface area contributed by atoms with Crippen molar-refractivity contribution in [2.75, 3.05) is 0 Å². The van der Waals surface area contributed by atoms with Crippen LogP contribution >= 0.6 is 0 Å². The van der Waals surface area contributed by atoms with Gasteiger partial charge in [-0.3, -0.25) is 0 Å². The Bertz CT molecular complexity index is 3100. The van der Waals surface area contributed by atoms with E-state index in [4.69, 9.17) is 0 Å². The molecule has 0 bridgehead atoms. The van der Waals surface area contributed by atoms with Crippen LogP contribution < -0.4 is 20.7 Å². The van der Waals surface area contributed by atoms with E-state index < -0.39 is 8.07 Å². The van der Waals surface area contributed by atoms with Gasteiger partial charge in [0, 0.05) is 32.9 Å². The summed E-state index contributed by atoms with van der Waals surface area (Å²) in [6.45, 7) is 0. The van der Waals surface area contributed by atoms with Gasteiger partial charge in [-0.2, -0.15) is 0 Å². The lowest BCUT2D eigenvalue weighted by Crippen LogP contribution is -2.74. The molecule has 0 aliphatic rings. The third kappa shape index (κ3) is 5.17. The number of para-hydroxylation sites is 2. The number of rotatable bonds is 7. The first-order valence-corrected chi connectivity index (χ1v) is 21.7. The van der Waals surface area contributed by atoms with Crippen LogP contribution in [0.3, 0.4) is 0 Å². The van der Waals surface area contributed by atoms with Crippen molar-refractivity contribution < 1.29 is 0 Å². The predicted molar refractivity (Wildman–Crippen MR) is 244 cm³/mol. The lowest BCUT2D eigenvalue weighted by Gasteiger charge is -2.35. The van der Waals surface area contributed by atoms with Gasteiger partial charge in [0.1, 0.15) is 0 Å². The van der Waals surface area contributed by atoms with Crippen LogP contribution in [0.4, 0.5) is 0 Å². The molecule has 268 valence electrons. The number of nitrogens with zero attached hydrogens (tertiary/aromatic N) is 2.